The van der Waals surface area contributed by atoms with Crippen LogP contribution < -0.4 is 0 Å². The van der Waals surface area contributed by atoms with E-state index in [1.807, 2.05) is 47.3 Å². The summed E-state index contributed by atoms with van der Waals surface area (Å²) in [6.07, 6.45) is 2.21. The smallest absolute Gasteiger partial charge is 0.338 e. The molecule has 2 saturated heterocycles. The van der Waals surface area contributed by atoms with Crippen LogP contribution in [-0.2, 0) is 23.8 Å². The highest BCUT2D eigenvalue weighted by molar-refractivity contribution is 8.16. The number of rotatable bonds is 5. The number of hydrogen-bond donors (Lipinski definition) is 0. The minimum atomic E-state index is -0.515. The van der Waals surface area contributed by atoms with Crippen molar-refractivity contribution in [3.8, 4) is 0 Å². The van der Waals surface area contributed by atoms with Crippen molar-refractivity contribution in [2.24, 2.45) is 4.99 Å². The number of benzene rings is 1. The zero-order valence-electron chi connectivity index (χ0n) is 20.4. The number of methoxy groups -OCH3 is 1. The average Bonchev–Trinajstić information content (AvgIpc) is 3.49. The van der Waals surface area contributed by atoms with Crippen LogP contribution in [0.4, 0.5) is 0 Å². The number of aliphatic imine (C=N–C) groups is 1. The van der Waals surface area contributed by atoms with Crippen LogP contribution in [0.25, 0.3) is 0 Å². The fraction of sp³-hybridized carbons (Fsp3) is 0.500. The van der Waals surface area contributed by atoms with Gasteiger partial charge in [-0.1, -0.05) is 48.5 Å². The molecule has 0 bridgehead atoms. The second kappa shape index (κ2) is 9.79. The first-order chi connectivity index (χ1) is 16.9. The lowest BCUT2D eigenvalue weighted by atomic mass is 9.92. The second-order valence-corrected chi connectivity index (χ2v) is 10.0. The summed E-state index contributed by atoms with van der Waals surface area (Å²) in [5, 5.41) is 2.77. The lowest BCUT2D eigenvalue weighted by Gasteiger charge is -2.39. The number of amidine groups is 1. The van der Waals surface area contributed by atoms with E-state index in [2.05, 4.69) is 6.07 Å². The number of esters is 1. The Morgan fingerprint density at radius 2 is 1.97 bits per heavy atom. The largest absolute Gasteiger partial charge is 0.466 e. The van der Waals surface area contributed by atoms with Crippen molar-refractivity contribution < 1.29 is 23.8 Å². The summed E-state index contributed by atoms with van der Waals surface area (Å²) < 4.78 is 16.8. The van der Waals surface area contributed by atoms with E-state index in [4.69, 9.17) is 19.2 Å². The van der Waals surface area contributed by atoms with Crippen molar-refractivity contribution >= 4 is 28.8 Å². The third kappa shape index (κ3) is 4.52. The van der Waals surface area contributed by atoms with Crippen LogP contribution in [0.2, 0.25) is 0 Å². The summed E-state index contributed by atoms with van der Waals surface area (Å²) in [5.74, 6) is -0.852. The topological polar surface area (TPSA) is 80.7 Å². The molecule has 0 radical (unpaired) electrons. The standard InChI is InChI=1S/C26H31N3O5S/c1-4-20-22(24(31)32-3)23(18-7-5-6-17(2)14-18)29-19(16-35-25(29)27-20)15-21(30)28-10-8-26(9-11-28)33-12-13-34-26/h5-7,14,16,23H,4,8-13,15H2,1-3H3. The molecular formula is C26H31N3O5S. The molecule has 1 amide bonds. The Balaban J connectivity index is 1.41. The van der Waals surface area contributed by atoms with E-state index in [0.717, 1.165) is 27.7 Å². The first kappa shape index (κ1) is 24.1. The molecule has 8 nitrogen and oxygen atoms in total. The molecule has 4 heterocycles. The third-order valence-electron chi connectivity index (χ3n) is 7.01. The van der Waals surface area contributed by atoms with Gasteiger partial charge in [-0.2, -0.15) is 0 Å². The number of fused-ring (bicyclic) bond motifs is 1. The van der Waals surface area contributed by atoms with Gasteiger partial charge in [0.15, 0.2) is 11.0 Å². The van der Waals surface area contributed by atoms with Gasteiger partial charge in [-0.3, -0.25) is 4.79 Å². The van der Waals surface area contributed by atoms with Gasteiger partial charge in [0.1, 0.15) is 0 Å². The van der Waals surface area contributed by atoms with Gasteiger partial charge in [-0.15, -0.1) is 0 Å². The summed E-state index contributed by atoms with van der Waals surface area (Å²) in [7, 11) is 1.40. The van der Waals surface area contributed by atoms with E-state index in [9.17, 15) is 9.59 Å². The molecule has 1 aromatic rings. The molecule has 0 aliphatic carbocycles. The lowest BCUT2D eigenvalue weighted by Crippen LogP contribution is -2.47. The number of carbonyl (C=O) groups is 2. The lowest BCUT2D eigenvalue weighted by molar-refractivity contribution is -0.187. The minimum absolute atomic E-state index is 0.0545. The molecule has 5 rings (SSSR count). The Morgan fingerprint density at radius 3 is 2.63 bits per heavy atom. The van der Waals surface area contributed by atoms with Crippen LogP contribution in [0.3, 0.4) is 0 Å². The maximum Gasteiger partial charge on any atom is 0.338 e. The predicted molar refractivity (Wildman–Crippen MR) is 133 cm³/mol. The van der Waals surface area contributed by atoms with Crippen molar-refractivity contribution in [3.05, 3.63) is 57.8 Å². The van der Waals surface area contributed by atoms with Gasteiger partial charge in [0.05, 0.1) is 44.1 Å². The summed E-state index contributed by atoms with van der Waals surface area (Å²) in [4.78, 5) is 35.1. The summed E-state index contributed by atoms with van der Waals surface area (Å²) in [6, 6.07) is 7.72. The van der Waals surface area contributed by atoms with Crippen molar-refractivity contribution in [1.82, 2.24) is 9.80 Å². The Hall–Kier alpha value is -2.62. The van der Waals surface area contributed by atoms with Crippen LogP contribution in [0, 0.1) is 6.92 Å². The first-order valence-electron chi connectivity index (χ1n) is 12.1. The number of piperidine rings is 1. The summed E-state index contributed by atoms with van der Waals surface area (Å²) in [5.41, 5.74) is 4.16. The number of likely N-dealkylation sites (tertiary alicyclic amines) is 1. The molecule has 0 saturated carbocycles. The first-order valence-corrected chi connectivity index (χ1v) is 13.0. The molecule has 0 N–H and O–H groups in total. The molecule has 1 atom stereocenters. The number of nitrogens with zero attached hydrogens (tertiary/aromatic N) is 3. The highest BCUT2D eigenvalue weighted by Crippen LogP contribution is 2.45. The normalized spacial score (nSPS) is 23.3. The Morgan fingerprint density at radius 1 is 1.23 bits per heavy atom. The van der Waals surface area contributed by atoms with Crippen LogP contribution in [-0.4, -0.2) is 66.0 Å². The van der Waals surface area contributed by atoms with Gasteiger partial charge in [-0.25, -0.2) is 9.79 Å². The number of allylic oxidation sites excluding steroid dienone is 1. The molecule has 186 valence electrons. The van der Waals surface area contributed by atoms with Gasteiger partial charge >= 0.3 is 5.97 Å². The van der Waals surface area contributed by atoms with Crippen molar-refractivity contribution in [3.63, 3.8) is 0 Å². The minimum Gasteiger partial charge on any atom is -0.466 e. The van der Waals surface area contributed by atoms with E-state index >= 15 is 0 Å². The predicted octanol–water partition coefficient (Wildman–Crippen LogP) is 3.89. The number of carbonyl (C=O) groups excluding carboxylic acids is 2. The molecular weight excluding hydrogens is 466 g/mol. The zero-order chi connectivity index (χ0) is 24.6. The van der Waals surface area contributed by atoms with Gasteiger partial charge in [-0.05, 0) is 24.3 Å². The van der Waals surface area contributed by atoms with E-state index in [0.29, 0.717) is 51.1 Å². The van der Waals surface area contributed by atoms with Crippen LogP contribution in [0.15, 0.2) is 51.6 Å². The summed E-state index contributed by atoms with van der Waals surface area (Å²) in [6.45, 7) is 6.47. The monoisotopic (exact) mass is 497 g/mol. The molecule has 1 aromatic carbocycles. The van der Waals surface area contributed by atoms with E-state index in [1.54, 1.807) is 0 Å². The fourth-order valence-corrected chi connectivity index (χ4v) is 6.15. The van der Waals surface area contributed by atoms with E-state index in [-0.39, 0.29) is 12.3 Å². The van der Waals surface area contributed by atoms with Crippen LogP contribution in [0.5, 0.6) is 0 Å². The molecule has 4 aliphatic heterocycles. The van der Waals surface area contributed by atoms with Gasteiger partial charge < -0.3 is 24.0 Å². The number of hydrogen-bond acceptors (Lipinski definition) is 8. The van der Waals surface area contributed by atoms with Gasteiger partial charge in [0.2, 0.25) is 5.91 Å². The molecule has 9 heteroatoms. The van der Waals surface area contributed by atoms with Crippen LogP contribution >= 0.6 is 11.8 Å². The molecule has 4 aliphatic rings. The third-order valence-corrected chi connectivity index (χ3v) is 7.90. The average molecular weight is 498 g/mol. The maximum atomic E-state index is 13.3. The quantitative estimate of drug-likeness (QED) is 0.571. The fourth-order valence-electron chi connectivity index (χ4n) is 5.22. The summed E-state index contributed by atoms with van der Waals surface area (Å²) >= 11 is 1.50. The highest BCUT2D eigenvalue weighted by atomic mass is 32.2. The number of aryl methyl sites for hydroxylation is 1. The number of ether oxygens (including phenoxy) is 3. The van der Waals surface area contributed by atoms with E-state index in [1.165, 1.54) is 18.9 Å². The van der Waals surface area contributed by atoms with Crippen LogP contribution in [0.1, 0.15) is 49.8 Å². The molecule has 2 fully saturated rings. The molecule has 1 unspecified atom stereocenters. The van der Waals surface area contributed by atoms with Gasteiger partial charge in [0.25, 0.3) is 0 Å². The number of amides is 1. The Bertz CT molecular complexity index is 1110. The van der Waals surface area contributed by atoms with Crippen molar-refractivity contribution in [2.45, 2.75) is 51.4 Å². The SMILES string of the molecule is CCC1=C(C(=O)OC)C(c2cccc(C)c2)N2C(CC(=O)N3CCC4(CC3)OCCO4)=CSC2=N1. The molecule has 35 heavy (non-hydrogen) atoms. The van der Waals surface area contributed by atoms with E-state index < -0.39 is 17.8 Å². The van der Waals surface area contributed by atoms with Crippen molar-refractivity contribution in [2.75, 3.05) is 33.4 Å². The maximum absolute atomic E-state index is 13.3. The molecule has 0 aromatic heterocycles. The Kier molecular flexibility index (Phi) is 6.74. The molecule has 1 spiro atoms. The number of thioether (sulfide) groups is 1. The second-order valence-electron chi connectivity index (χ2n) is 9.18. The van der Waals surface area contributed by atoms with Crippen molar-refractivity contribution in [1.29, 1.82) is 0 Å². The Labute approximate surface area is 210 Å². The van der Waals surface area contributed by atoms with Gasteiger partial charge in [0, 0.05) is 31.6 Å². The zero-order valence-corrected chi connectivity index (χ0v) is 21.2. The highest BCUT2D eigenvalue weighted by Gasteiger charge is 2.43.